The van der Waals surface area contributed by atoms with Gasteiger partial charge >= 0.3 is 0 Å². The van der Waals surface area contributed by atoms with Crippen molar-refractivity contribution in [2.45, 2.75) is 32.2 Å². The smallest absolute Gasteiger partial charge is 0.251 e. The Morgan fingerprint density at radius 3 is 2.55 bits per heavy atom. The fourth-order valence-corrected chi connectivity index (χ4v) is 1.64. The van der Waals surface area contributed by atoms with Gasteiger partial charge in [0.15, 0.2) is 11.6 Å². The van der Waals surface area contributed by atoms with Gasteiger partial charge in [-0.25, -0.2) is 4.39 Å². The number of nitrogens with one attached hydrogen (secondary N) is 2. The summed E-state index contributed by atoms with van der Waals surface area (Å²) in [5, 5.41) is 14.3. The van der Waals surface area contributed by atoms with Gasteiger partial charge in [-0.15, -0.1) is 0 Å². The van der Waals surface area contributed by atoms with Gasteiger partial charge in [0.1, 0.15) is 0 Å². The van der Waals surface area contributed by atoms with Gasteiger partial charge in [-0.2, -0.15) is 0 Å². The van der Waals surface area contributed by atoms with Crippen molar-refractivity contribution in [3.05, 3.63) is 29.6 Å². The molecular formula is C14H19FN2O3. The van der Waals surface area contributed by atoms with Crippen molar-refractivity contribution in [3.8, 4) is 5.75 Å². The number of carbonyl (C=O) groups is 2. The summed E-state index contributed by atoms with van der Waals surface area (Å²) in [6.07, 6.45) is 0.743. The van der Waals surface area contributed by atoms with Crippen LogP contribution in [-0.4, -0.2) is 29.5 Å². The molecule has 1 aromatic rings. The molecule has 0 radical (unpaired) electrons. The molecule has 20 heavy (non-hydrogen) atoms. The van der Waals surface area contributed by atoms with E-state index in [-0.39, 0.29) is 17.9 Å². The van der Waals surface area contributed by atoms with Crippen LogP contribution in [0.5, 0.6) is 5.75 Å². The molecule has 0 aliphatic rings. The number of benzene rings is 1. The third-order valence-electron chi connectivity index (χ3n) is 2.92. The molecule has 0 atom stereocenters. The van der Waals surface area contributed by atoms with Crippen molar-refractivity contribution < 1.29 is 19.1 Å². The quantitative estimate of drug-likeness (QED) is 0.767. The van der Waals surface area contributed by atoms with E-state index in [9.17, 15) is 14.0 Å². The van der Waals surface area contributed by atoms with Gasteiger partial charge in [0.25, 0.3) is 5.91 Å². The number of hydrogen-bond donors (Lipinski definition) is 3. The van der Waals surface area contributed by atoms with E-state index in [0.717, 1.165) is 12.1 Å². The molecule has 2 amide bonds. The van der Waals surface area contributed by atoms with Crippen LogP contribution in [0.3, 0.4) is 0 Å². The highest BCUT2D eigenvalue weighted by Gasteiger charge is 2.22. The molecule has 0 saturated heterocycles. The van der Waals surface area contributed by atoms with Crippen LogP contribution >= 0.6 is 0 Å². The Morgan fingerprint density at radius 1 is 1.35 bits per heavy atom. The van der Waals surface area contributed by atoms with Crippen LogP contribution in [0.15, 0.2) is 18.2 Å². The minimum absolute atomic E-state index is 0.108. The van der Waals surface area contributed by atoms with E-state index in [4.69, 9.17) is 5.11 Å². The average Bonchev–Trinajstić information content (AvgIpc) is 2.38. The maximum atomic E-state index is 13.2. The number of amides is 2. The minimum Gasteiger partial charge on any atom is -0.505 e. The SMILES string of the molecule is CNC(=O)CCC(C)(C)NC(=O)c1ccc(O)c(F)c1. The predicted molar refractivity (Wildman–Crippen MR) is 72.9 cm³/mol. The lowest BCUT2D eigenvalue weighted by molar-refractivity contribution is -0.121. The van der Waals surface area contributed by atoms with Gasteiger partial charge in [0.2, 0.25) is 5.91 Å². The molecular weight excluding hydrogens is 263 g/mol. The molecule has 0 aliphatic heterocycles. The van der Waals surface area contributed by atoms with Crippen LogP contribution in [0, 0.1) is 5.82 Å². The molecule has 0 unspecified atom stereocenters. The zero-order valence-corrected chi connectivity index (χ0v) is 11.8. The van der Waals surface area contributed by atoms with E-state index >= 15 is 0 Å². The maximum Gasteiger partial charge on any atom is 0.251 e. The number of carbonyl (C=O) groups excluding carboxylic acids is 2. The summed E-state index contributed by atoms with van der Waals surface area (Å²) in [4.78, 5) is 23.2. The van der Waals surface area contributed by atoms with E-state index in [1.165, 1.54) is 6.07 Å². The Hall–Kier alpha value is -2.11. The van der Waals surface area contributed by atoms with E-state index in [1.807, 2.05) is 0 Å². The highest BCUT2D eigenvalue weighted by atomic mass is 19.1. The molecule has 0 heterocycles. The highest BCUT2D eigenvalue weighted by Crippen LogP contribution is 2.18. The van der Waals surface area contributed by atoms with Crippen LogP contribution in [-0.2, 0) is 4.79 Å². The molecule has 0 saturated carbocycles. The van der Waals surface area contributed by atoms with Gasteiger partial charge in [-0.05, 0) is 38.5 Å². The van der Waals surface area contributed by atoms with Crippen LogP contribution in [0.25, 0.3) is 0 Å². The number of halogens is 1. The second-order valence-corrected chi connectivity index (χ2v) is 5.18. The van der Waals surface area contributed by atoms with Gasteiger partial charge < -0.3 is 15.7 Å². The molecule has 0 fully saturated rings. The number of phenols is 1. The first-order valence-corrected chi connectivity index (χ1v) is 6.27. The molecule has 0 spiro atoms. The second kappa shape index (κ2) is 6.36. The van der Waals surface area contributed by atoms with Gasteiger partial charge in [-0.3, -0.25) is 9.59 Å². The number of rotatable bonds is 5. The summed E-state index contributed by atoms with van der Waals surface area (Å²) < 4.78 is 13.2. The van der Waals surface area contributed by atoms with Crippen molar-refractivity contribution in [3.63, 3.8) is 0 Å². The molecule has 0 aliphatic carbocycles. The molecule has 3 N–H and O–H groups in total. The summed E-state index contributed by atoms with van der Waals surface area (Å²) in [6.45, 7) is 3.56. The normalized spacial score (nSPS) is 11.0. The lowest BCUT2D eigenvalue weighted by Gasteiger charge is -2.26. The zero-order valence-electron chi connectivity index (χ0n) is 11.8. The Kier molecular flexibility index (Phi) is 5.07. The first-order chi connectivity index (χ1) is 9.25. The number of aromatic hydroxyl groups is 1. The lowest BCUT2D eigenvalue weighted by Crippen LogP contribution is -2.44. The summed E-state index contributed by atoms with van der Waals surface area (Å²) in [6, 6.07) is 3.43. The average molecular weight is 282 g/mol. The summed E-state index contributed by atoms with van der Waals surface area (Å²) in [5.74, 6) is -1.91. The largest absolute Gasteiger partial charge is 0.505 e. The summed E-state index contributed by atoms with van der Waals surface area (Å²) in [7, 11) is 1.55. The molecule has 110 valence electrons. The van der Waals surface area contributed by atoms with Crippen LogP contribution in [0.1, 0.15) is 37.0 Å². The minimum atomic E-state index is -0.846. The highest BCUT2D eigenvalue weighted by molar-refractivity contribution is 5.94. The van der Waals surface area contributed by atoms with E-state index in [1.54, 1.807) is 20.9 Å². The molecule has 6 heteroatoms. The maximum absolute atomic E-state index is 13.2. The molecule has 0 aromatic heterocycles. The van der Waals surface area contributed by atoms with Crippen LogP contribution in [0.4, 0.5) is 4.39 Å². The fraction of sp³-hybridized carbons (Fsp3) is 0.429. The number of phenolic OH excluding ortho intramolecular Hbond substituents is 1. The monoisotopic (exact) mass is 282 g/mol. The topological polar surface area (TPSA) is 78.4 Å². The Labute approximate surface area is 117 Å². The van der Waals surface area contributed by atoms with Crippen molar-refractivity contribution in [1.82, 2.24) is 10.6 Å². The first kappa shape index (κ1) is 15.9. The number of hydrogen-bond acceptors (Lipinski definition) is 3. The fourth-order valence-electron chi connectivity index (χ4n) is 1.64. The van der Waals surface area contributed by atoms with E-state index in [0.29, 0.717) is 6.42 Å². The lowest BCUT2D eigenvalue weighted by atomic mass is 9.97. The van der Waals surface area contributed by atoms with Gasteiger partial charge in [0, 0.05) is 24.6 Å². The molecule has 5 nitrogen and oxygen atoms in total. The zero-order chi connectivity index (χ0) is 15.3. The van der Waals surface area contributed by atoms with Crippen molar-refractivity contribution >= 4 is 11.8 Å². The van der Waals surface area contributed by atoms with Crippen molar-refractivity contribution in [2.24, 2.45) is 0 Å². The van der Waals surface area contributed by atoms with Crippen molar-refractivity contribution in [1.29, 1.82) is 0 Å². The summed E-state index contributed by atoms with van der Waals surface area (Å²) >= 11 is 0. The molecule has 0 bridgehead atoms. The first-order valence-electron chi connectivity index (χ1n) is 6.27. The third kappa shape index (κ3) is 4.53. The van der Waals surface area contributed by atoms with E-state index in [2.05, 4.69) is 10.6 Å². The van der Waals surface area contributed by atoms with Gasteiger partial charge in [-0.1, -0.05) is 0 Å². The Balaban J connectivity index is 2.68. The molecule has 1 aromatic carbocycles. The van der Waals surface area contributed by atoms with Crippen LogP contribution in [0.2, 0.25) is 0 Å². The molecule has 1 rings (SSSR count). The second-order valence-electron chi connectivity index (χ2n) is 5.18. The third-order valence-corrected chi connectivity index (χ3v) is 2.92. The Bertz CT molecular complexity index is 515. The summed E-state index contributed by atoms with van der Waals surface area (Å²) in [5.41, 5.74) is -0.480. The van der Waals surface area contributed by atoms with E-state index < -0.39 is 23.0 Å². The predicted octanol–water partition coefficient (Wildman–Crippen LogP) is 1.57. The van der Waals surface area contributed by atoms with Crippen LogP contribution < -0.4 is 10.6 Å². The Morgan fingerprint density at radius 2 is 2.00 bits per heavy atom. The van der Waals surface area contributed by atoms with Gasteiger partial charge in [0.05, 0.1) is 0 Å². The standard InChI is InChI=1S/C14H19FN2O3/c1-14(2,7-6-12(19)16-3)17-13(20)9-4-5-11(18)10(15)8-9/h4-5,8,18H,6-7H2,1-3H3,(H,16,19)(H,17,20). The van der Waals surface area contributed by atoms with Crippen molar-refractivity contribution in [2.75, 3.05) is 7.05 Å².